The number of anilines is 2. The first kappa shape index (κ1) is 23.7. The Kier molecular flexibility index (Phi) is 6.81. The van der Waals surface area contributed by atoms with Gasteiger partial charge < -0.3 is 24.6 Å². The Morgan fingerprint density at radius 3 is 2.83 bits per heavy atom. The van der Waals surface area contributed by atoms with Crippen LogP contribution in [0.3, 0.4) is 0 Å². The monoisotopic (exact) mass is 494 g/mol. The summed E-state index contributed by atoms with van der Waals surface area (Å²) >= 11 is 0. The molecule has 3 heterocycles. The van der Waals surface area contributed by atoms with Gasteiger partial charge >= 0.3 is 0 Å². The number of likely N-dealkylation sites (N-methyl/N-ethyl adjacent to an activating group) is 1. The number of halogens is 1. The van der Waals surface area contributed by atoms with E-state index in [0.29, 0.717) is 24.6 Å². The van der Waals surface area contributed by atoms with E-state index in [1.165, 1.54) is 28.0 Å². The van der Waals surface area contributed by atoms with Crippen LogP contribution in [0.5, 0.6) is 5.75 Å². The average Bonchev–Trinajstić information content (AvgIpc) is 3.13. The van der Waals surface area contributed by atoms with Crippen LogP contribution in [0.15, 0.2) is 48.8 Å². The average molecular weight is 495 g/mol. The maximum atomic E-state index is 13.2. The number of ether oxygens (including phenoxy) is 2. The lowest BCUT2D eigenvalue weighted by Crippen LogP contribution is -2.49. The number of benzene rings is 2. The van der Waals surface area contributed by atoms with Crippen LogP contribution in [0.25, 0.3) is 0 Å². The van der Waals surface area contributed by atoms with Gasteiger partial charge in [0.05, 0.1) is 18.8 Å². The van der Waals surface area contributed by atoms with Crippen LogP contribution in [0.2, 0.25) is 0 Å². The molecule has 1 aromatic heterocycles. The summed E-state index contributed by atoms with van der Waals surface area (Å²) < 4.78 is 26.0. The van der Waals surface area contributed by atoms with Crippen LogP contribution < -0.4 is 19.9 Å². The van der Waals surface area contributed by atoms with E-state index >= 15 is 0 Å². The van der Waals surface area contributed by atoms with Gasteiger partial charge in [-0.25, -0.2) is 14.1 Å². The highest BCUT2D eigenvalue weighted by molar-refractivity contribution is 6.02. The third kappa shape index (κ3) is 5.15. The van der Waals surface area contributed by atoms with E-state index in [9.17, 15) is 14.0 Å². The lowest BCUT2D eigenvalue weighted by atomic mass is 10.2. The Labute approximate surface area is 207 Å². The van der Waals surface area contributed by atoms with Crippen LogP contribution >= 0.6 is 0 Å². The minimum atomic E-state index is -0.908. The molecule has 0 aliphatic carbocycles. The second-order valence-electron chi connectivity index (χ2n) is 8.73. The first-order valence-electron chi connectivity index (χ1n) is 11.8. The van der Waals surface area contributed by atoms with Gasteiger partial charge in [-0.3, -0.25) is 9.59 Å². The lowest BCUT2D eigenvalue weighted by molar-refractivity contribution is -0.120. The Balaban J connectivity index is 1.26. The SMILES string of the molecule is CN1C(=O)[C@H](NC(=O)c2ncn(Cc3ccc(F)cc3)n2)COc2ccc(N3CCCOCC3)cc21. The fourth-order valence-corrected chi connectivity index (χ4v) is 4.27. The van der Waals surface area contributed by atoms with Gasteiger partial charge in [0.1, 0.15) is 30.5 Å². The van der Waals surface area contributed by atoms with Crippen molar-refractivity contribution in [2.24, 2.45) is 0 Å². The largest absolute Gasteiger partial charge is 0.489 e. The molecule has 1 saturated heterocycles. The minimum Gasteiger partial charge on any atom is -0.489 e. The molecule has 11 heteroatoms. The number of rotatable bonds is 5. The molecule has 10 nitrogen and oxygen atoms in total. The predicted molar refractivity (Wildman–Crippen MR) is 130 cm³/mol. The molecule has 0 saturated carbocycles. The molecule has 3 aromatic rings. The molecular formula is C25H27FN6O4. The summed E-state index contributed by atoms with van der Waals surface area (Å²) in [4.78, 5) is 33.8. The van der Waals surface area contributed by atoms with Gasteiger partial charge in [-0.05, 0) is 42.3 Å². The normalized spacial score (nSPS) is 18.2. The zero-order valence-electron chi connectivity index (χ0n) is 19.9. The summed E-state index contributed by atoms with van der Waals surface area (Å²) in [5.41, 5.74) is 2.44. The Hall–Kier alpha value is -3.99. The summed E-state index contributed by atoms with van der Waals surface area (Å²) in [6.45, 7) is 3.35. The number of amides is 2. The molecule has 36 heavy (non-hydrogen) atoms. The zero-order valence-corrected chi connectivity index (χ0v) is 19.9. The van der Waals surface area contributed by atoms with E-state index in [1.54, 1.807) is 19.2 Å². The molecular weight excluding hydrogens is 467 g/mol. The van der Waals surface area contributed by atoms with Crippen molar-refractivity contribution in [2.45, 2.75) is 19.0 Å². The molecule has 0 spiro atoms. The second kappa shape index (κ2) is 10.3. The highest BCUT2D eigenvalue weighted by Gasteiger charge is 2.32. The molecule has 0 radical (unpaired) electrons. The number of carbonyl (C=O) groups is 2. The number of nitrogens with one attached hydrogen (secondary N) is 1. The van der Waals surface area contributed by atoms with Gasteiger partial charge in [0.15, 0.2) is 0 Å². The molecule has 2 aliphatic heterocycles. The fourth-order valence-electron chi connectivity index (χ4n) is 4.27. The molecule has 0 unspecified atom stereocenters. The fraction of sp³-hybridized carbons (Fsp3) is 0.360. The van der Waals surface area contributed by atoms with E-state index in [0.717, 1.165) is 37.4 Å². The summed E-state index contributed by atoms with van der Waals surface area (Å²) in [7, 11) is 1.67. The first-order chi connectivity index (χ1) is 17.5. The van der Waals surface area contributed by atoms with Crippen LogP contribution in [-0.4, -0.2) is 72.6 Å². The maximum absolute atomic E-state index is 13.2. The minimum absolute atomic E-state index is 0.0187. The van der Waals surface area contributed by atoms with Crippen LogP contribution in [0.4, 0.5) is 15.8 Å². The van der Waals surface area contributed by atoms with Crippen molar-refractivity contribution in [3.63, 3.8) is 0 Å². The van der Waals surface area contributed by atoms with Crippen molar-refractivity contribution < 1.29 is 23.5 Å². The quantitative estimate of drug-likeness (QED) is 0.578. The number of aromatic nitrogens is 3. The van der Waals surface area contributed by atoms with Crippen molar-refractivity contribution >= 4 is 23.2 Å². The molecule has 2 amide bonds. The molecule has 1 fully saturated rings. The van der Waals surface area contributed by atoms with Crippen LogP contribution in [-0.2, 0) is 16.1 Å². The number of hydrogen-bond acceptors (Lipinski definition) is 7. The van der Waals surface area contributed by atoms with E-state index in [-0.39, 0.29) is 24.2 Å². The van der Waals surface area contributed by atoms with Crippen LogP contribution in [0.1, 0.15) is 22.6 Å². The number of nitrogens with zero attached hydrogens (tertiary/aromatic N) is 5. The Bertz CT molecular complexity index is 1240. The summed E-state index contributed by atoms with van der Waals surface area (Å²) in [5, 5.41) is 6.88. The summed E-state index contributed by atoms with van der Waals surface area (Å²) in [5.74, 6) is -0.713. The molecule has 0 bridgehead atoms. The van der Waals surface area contributed by atoms with Gasteiger partial charge in [-0.1, -0.05) is 12.1 Å². The standard InChI is InChI=1S/C25H27FN6O4/c1-30-21-13-19(31-9-2-11-35-12-10-31)7-8-22(21)36-15-20(25(30)34)28-24(33)23-27-16-32(29-23)14-17-3-5-18(26)6-4-17/h3-8,13,16,20H,2,9-12,14-15H2,1H3,(H,28,33)/t20-/m1/s1. The first-order valence-corrected chi connectivity index (χ1v) is 11.8. The van der Waals surface area contributed by atoms with Gasteiger partial charge in [0.25, 0.3) is 11.8 Å². The van der Waals surface area contributed by atoms with Crippen LogP contribution in [0, 0.1) is 5.82 Å². The van der Waals surface area contributed by atoms with Gasteiger partial charge in [0, 0.05) is 32.4 Å². The molecule has 1 atom stereocenters. The lowest BCUT2D eigenvalue weighted by Gasteiger charge is -2.25. The smallest absolute Gasteiger partial charge is 0.291 e. The van der Waals surface area contributed by atoms with E-state index in [2.05, 4.69) is 20.3 Å². The van der Waals surface area contributed by atoms with E-state index in [1.807, 2.05) is 18.2 Å². The highest BCUT2D eigenvalue weighted by atomic mass is 19.1. The molecule has 2 aliphatic rings. The summed E-state index contributed by atoms with van der Waals surface area (Å²) in [6, 6.07) is 10.8. The Morgan fingerprint density at radius 1 is 1.17 bits per heavy atom. The number of fused-ring (bicyclic) bond motifs is 1. The van der Waals surface area contributed by atoms with Crippen molar-refractivity contribution in [2.75, 3.05) is 49.8 Å². The van der Waals surface area contributed by atoms with Crippen molar-refractivity contribution in [3.05, 3.63) is 66.0 Å². The van der Waals surface area contributed by atoms with E-state index in [4.69, 9.17) is 9.47 Å². The van der Waals surface area contributed by atoms with Gasteiger partial charge in [-0.2, -0.15) is 0 Å². The van der Waals surface area contributed by atoms with Gasteiger partial charge in [0.2, 0.25) is 5.82 Å². The maximum Gasteiger partial charge on any atom is 0.291 e. The Morgan fingerprint density at radius 2 is 2.00 bits per heavy atom. The number of hydrogen-bond donors (Lipinski definition) is 1. The van der Waals surface area contributed by atoms with Crippen molar-refractivity contribution in [3.8, 4) is 5.75 Å². The second-order valence-corrected chi connectivity index (χ2v) is 8.73. The van der Waals surface area contributed by atoms with Gasteiger partial charge in [-0.15, -0.1) is 5.10 Å². The third-order valence-electron chi connectivity index (χ3n) is 6.23. The highest BCUT2D eigenvalue weighted by Crippen LogP contribution is 2.34. The molecule has 188 valence electrons. The summed E-state index contributed by atoms with van der Waals surface area (Å²) in [6.07, 6.45) is 2.35. The van der Waals surface area contributed by atoms with Crippen molar-refractivity contribution in [1.82, 2.24) is 20.1 Å². The molecule has 2 aromatic carbocycles. The molecule has 5 rings (SSSR count). The third-order valence-corrected chi connectivity index (χ3v) is 6.23. The number of carbonyl (C=O) groups excluding carboxylic acids is 2. The van der Waals surface area contributed by atoms with E-state index < -0.39 is 11.9 Å². The van der Waals surface area contributed by atoms with Crippen molar-refractivity contribution in [1.29, 1.82) is 0 Å². The predicted octanol–water partition coefficient (Wildman–Crippen LogP) is 1.85. The zero-order chi connectivity index (χ0) is 25.1. The topological polar surface area (TPSA) is 102 Å². The molecule has 1 N–H and O–H groups in total.